The second kappa shape index (κ2) is 21.7. The van der Waals surface area contributed by atoms with Crippen molar-refractivity contribution in [2.45, 2.75) is 96.6 Å². The number of benzene rings is 4. The minimum atomic E-state index is -1.54. The van der Waals surface area contributed by atoms with Gasteiger partial charge in [0.2, 0.25) is 12.6 Å². The molecule has 0 saturated heterocycles. The lowest BCUT2D eigenvalue weighted by Gasteiger charge is -2.59. The average Bonchev–Trinajstić information content (AvgIpc) is 3.81. The second-order valence-electron chi connectivity index (χ2n) is 17.8. The van der Waals surface area contributed by atoms with E-state index in [1.165, 1.54) is 12.1 Å². The Bertz CT molecular complexity index is 2510. The molecule has 0 radical (unpaired) electrons. The van der Waals surface area contributed by atoms with Gasteiger partial charge in [0.1, 0.15) is 29.9 Å². The Kier molecular flexibility index (Phi) is 15.3. The highest BCUT2D eigenvalue weighted by molar-refractivity contribution is 6.03. The minimum absolute atomic E-state index is 0.00455. The molecule has 6 atom stereocenters. The number of nitrogens with zero attached hydrogens (tertiary/aromatic N) is 3. The van der Waals surface area contributed by atoms with E-state index in [-0.39, 0.29) is 76.2 Å². The van der Waals surface area contributed by atoms with Crippen molar-refractivity contribution >= 4 is 17.5 Å². The zero-order valence-electron chi connectivity index (χ0n) is 39.0. The number of aryl methyl sites for hydroxylation is 2. The summed E-state index contributed by atoms with van der Waals surface area (Å²) in [6.07, 6.45) is 7.77. The SMILES string of the molecule is C=CCO[C@@]12Oc3ccc(Oc4ccc(C)c(C)c4)cc3[C@H]3[C@H](CCCCO)[C@@H](CCCCO)C=C(C(=NOCc4ccc([N+](=O)[O-])cc4)C[C@@H]1N(Cc1ccc4c(c1)OCO4)C(=O)OCC)[C@H]32. The van der Waals surface area contributed by atoms with Crippen LogP contribution in [-0.4, -0.2) is 76.9 Å². The summed E-state index contributed by atoms with van der Waals surface area (Å²) < 4.78 is 38.4. The number of fused-ring (bicyclic) bond motifs is 3. The smallest absolute Gasteiger partial charge is 0.410 e. The summed E-state index contributed by atoms with van der Waals surface area (Å²) >= 11 is 0. The first-order valence-electron chi connectivity index (χ1n) is 23.6. The van der Waals surface area contributed by atoms with Gasteiger partial charge in [-0.1, -0.05) is 42.3 Å². The number of nitro benzene ring substituents is 1. The Hall–Kier alpha value is -6.42. The van der Waals surface area contributed by atoms with Crippen LogP contribution in [0.25, 0.3) is 0 Å². The molecule has 1 amide bonds. The van der Waals surface area contributed by atoms with Gasteiger partial charge in [-0.2, -0.15) is 0 Å². The van der Waals surface area contributed by atoms with Gasteiger partial charge >= 0.3 is 6.09 Å². The molecule has 15 nitrogen and oxygen atoms in total. The predicted molar refractivity (Wildman–Crippen MR) is 254 cm³/mol. The van der Waals surface area contributed by atoms with Gasteiger partial charge in [0, 0.05) is 49.8 Å². The molecule has 0 aromatic heterocycles. The number of aliphatic hydroxyl groups is 2. The van der Waals surface area contributed by atoms with E-state index in [1.807, 2.05) is 48.5 Å². The molecule has 4 aromatic carbocycles. The number of carbonyl (C=O) groups is 1. The van der Waals surface area contributed by atoms with Gasteiger partial charge < -0.3 is 43.5 Å². The summed E-state index contributed by atoms with van der Waals surface area (Å²) in [5, 5.41) is 36.4. The highest BCUT2D eigenvalue weighted by Gasteiger charge is 2.65. The molecular weight excluding hydrogens is 871 g/mol. The summed E-state index contributed by atoms with van der Waals surface area (Å²) in [5.41, 5.74) is 6.00. The lowest BCUT2D eigenvalue weighted by Crippen LogP contribution is -2.70. The van der Waals surface area contributed by atoms with Crippen molar-refractivity contribution < 1.29 is 53.2 Å². The van der Waals surface area contributed by atoms with Crippen molar-refractivity contribution in [1.82, 2.24) is 4.90 Å². The molecule has 2 aliphatic carbocycles. The second-order valence-corrected chi connectivity index (χ2v) is 17.8. The van der Waals surface area contributed by atoms with E-state index < -0.39 is 28.8 Å². The molecule has 2 heterocycles. The van der Waals surface area contributed by atoms with E-state index in [0.29, 0.717) is 52.9 Å². The van der Waals surface area contributed by atoms with Crippen LogP contribution in [0.3, 0.4) is 0 Å². The molecule has 2 aliphatic heterocycles. The Labute approximate surface area is 397 Å². The van der Waals surface area contributed by atoms with Gasteiger partial charge in [0.05, 0.1) is 29.8 Å². The maximum Gasteiger partial charge on any atom is 0.410 e. The number of unbranched alkanes of at least 4 members (excludes halogenated alkanes) is 2. The molecule has 0 unspecified atom stereocenters. The third kappa shape index (κ3) is 10.2. The van der Waals surface area contributed by atoms with Crippen LogP contribution in [0.2, 0.25) is 0 Å². The molecule has 4 aliphatic rings. The fourth-order valence-corrected chi connectivity index (χ4v) is 10.3. The van der Waals surface area contributed by atoms with E-state index in [2.05, 4.69) is 32.6 Å². The van der Waals surface area contributed by atoms with Crippen molar-refractivity contribution in [3.8, 4) is 28.7 Å². The molecule has 0 spiro atoms. The predicted octanol–water partition coefficient (Wildman–Crippen LogP) is 10.2. The minimum Gasteiger partial charge on any atom is -0.459 e. The lowest BCUT2D eigenvalue weighted by molar-refractivity contribution is -0.384. The Morgan fingerprint density at radius 2 is 1.63 bits per heavy atom. The van der Waals surface area contributed by atoms with Crippen LogP contribution < -0.4 is 18.9 Å². The molecule has 360 valence electrons. The summed E-state index contributed by atoms with van der Waals surface area (Å²) in [5.74, 6) is 0.611. The quantitative estimate of drug-likeness (QED) is 0.0350. The normalized spacial score (nSPS) is 22.6. The first-order chi connectivity index (χ1) is 33.1. The third-order valence-corrected chi connectivity index (χ3v) is 13.6. The van der Waals surface area contributed by atoms with Crippen LogP contribution in [0.15, 0.2) is 108 Å². The van der Waals surface area contributed by atoms with Crippen molar-refractivity contribution in [2.75, 3.05) is 33.2 Å². The van der Waals surface area contributed by atoms with Gasteiger partial charge in [-0.3, -0.25) is 15.0 Å². The standard InChI is InChI=1S/C53H61N3O12/c1-5-25-65-53-49(55(52(59)62-6-2)31-37-16-21-47-48(27-37)64-33-63-47)30-45(54-66-32-36-14-17-39(18-15-36)56(60)61)43-28-38(11-7-9-23-57)42(12-8-10-24-58)50(51(43)53)44-29-41(20-22-46(44)68-53)67-40-19-13-34(3)35(4)26-40/h5,13-22,26-29,38,42,49-51,57-58H,1,6-12,23-25,30-33H2,2-4H3/t38-,42+,49-,50+,51+,53+/m0/s1. The van der Waals surface area contributed by atoms with Crippen LogP contribution >= 0.6 is 0 Å². The monoisotopic (exact) mass is 931 g/mol. The number of rotatable bonds is 21. The zero-order valence-corrected chi connectivity index (χ0v) is 39.0. The summed E-state index contributed by atoms with van der Waals surface area (Å²) in [6.45, 7) is 10.4. The number of amides is 1. The largest absolute Gasteiger partial charge is 0.459 e. The fourth-order valence-electron chi connectivity index (χ4n) is 10.3. The number of carbonyl (C=O) groups excluding carboxylic acids is 1. The summed E-state index contributed by atoms with van der Waals surface area (Å²) in [6, 6.07) is 22.7. The molecule has 4 aromatic rings. The molecule has 1 fully saturated rings. The van der Waals surface area contributed by atoms with Crippen LogP contribution in [0.1, 0.15) is 85.6 Å². The van der Waals surface area contributed by atoms with E-state index in [4.69, 9.17) is 38.4 Å². The van der Waals surface area contributed by atoms with Gasteiger partial charge in [0.25, 0.3) is 5.69 Å². The zero-order chi connectivity index (χ0) is 47.8. The maximum atomic E-state index is 14.7. The number of hydrogen-bond acceptors (Lipinski definition) is 13. The van der Waals surface area contributed by atoms with Crippen molar-refractivity contribution in [3.05, 3.63) is 141 Å². The number of aliphatic hydroxyl groups excluding tert-OH is 2. The highest BCUT2D eigenvalue weighted by Crippen LogP contribution is 2.62. The highest BCUT2D eigenvalue weighted by atomic mass is 16.7. The van der Waals surface area contributed by atoms with Crippen molar-refractivity contribution in [2.24, 2.45) is 22.9 Å². The van der Waals surface area contributed by atoms with Crippen molar-refractivity contribution in [1.29, 1.82) is 0 Å². The third-order valence-electron chi connectivity index (χ3n) is 13.6. The van der Waals surface area contributed by atoms with Crippen LogP contribution in [0, 0.1) is 41.7 Å². The Morgan fingerprint density at radius 1 is 0.912 bits per heavy atom. The molecule has 15 heteroatoms. The van der Waals surface area contributed by atoms with Gasteiger partial charge in [-0.25, -0.2) is 4.79 Å². The van der Waals surface area contributed by atoms with Gasteiger partial charge in [0.15, 0.2) is 11.5 Å². The van der Waals surface area contributed by atoms with E-state index in [1.54, 1.807) is 30.0 Å². The number of hydrogen-bond donors (Lipinski definition) is 2. The summed E-state index contributed by atoms with van der Waals surface area (Å²) in [7, 11) is 0. The number of allylic oxidation sites excluding steroid dienone is 1. The van der Waals surface area contributed by atoms with E-state index in [0.717, 1.165) is 53.5 Å². The number of nitro groups is 1. The molecule has 8 rings (SSSR count). The van der Waals surface area contributed by atoms with Crippen LogP contribution in [0.4, 0.5) is 10.5 Å². The Balaban J connectivity index is 1.32. The molecule has 2 N–H and O–H groups in total. The number of non-ortho nitro benzene ring substituents is 1. The van der Waals surface area contributed by atoms with Crippen molar-refractivity contribution in [3.63, 3.8) is 0 Å². The Morgan fingerprint density at radius 3 is 2.37 bits per heavy atom. The molecule has 1 saturated carbocycles. The summed E-state index contributed by atoms with van der Waals surface area (Å²) in [4.78, 5) is 33.5. The first kappa shape index (κ1) is 48.1. The van der Waals surface area contributed by atoms with E-state index >= 15 is 0 Å². The van der Waals surface area contributed by atoms with Crippen LogP contribution in [0.5, 0.6) is 28.7 Å². The number of ether oxygens (including phenoxy) is 6. The fraction of sp³-hybridized carbons (Fsp3) is 0.434. The lowest BCUT2D eigenvalue weighted by atomic mass is 9.55. The van der Waals surface area contributed by atoms with Crippen LogP contribution in [-0.2, 0) is 27.5 Å². The average molecular weight is 932 g/mol. The number of oxime groups is 1. The molecular formula is C53H61N3O12. The topological polar surface area (TPSA) is 181 Å². The maximum absolute atomic E-state index is 14.7. The van der Waals surface area contributed by atoms with Gasteiger partial charge in [-0.05, 0) is 141 Å². The molecule has 0 bridgehead atoms. The van der Waals surface area contributed by atoms with E-state index in [9.17, 15) is 25.1 Å². The molecule has 68 heavy (non-hydrogen) atoms. The first-order valence-corrected chi connectivity index (χ1v) is 23.6. The van der Waals surface area contributed by atoms with Gasteiger partial charge in [-0.15, -0.1) is 6.58 Å².